The molecule has 1 saturated heterocycles. The molecule has 2 amide bonds. The molecule has 1 fully saturated rings. The number of nitrogens with one attached hydrogen (secondary N) is 1. The van der Waals surface area contributed by atoms with Gasteiger partial charge in [-0.2, -0.15) is 0 Å². The Hall–Kier alpha value is -3.40. The highest BCUT2D eigenvalue weighted by molar-refractivity contribution is 8.01. The van der Waals surface area contributed by atoms with Gasteiger partial charge in [0.05, 0.1) is 11.7 Å². The second kappa shape index (κ2) is 10.5. The minimum atomic E-state index is -1.09. The lowest BCUT2D eigenvalue weighted by molar-refractivity contribution is -0.144. The van der Waals surface area contributed by atoms with Crippen LogP contribution < -0.4 is 10.2 Å². The smallest absolute Gasteiger partial charge is 0.305 e. The second-order valence-electron chi connectivity index (χ2n) is 7.94. The summed E-state index contributed by atoms with van der Waals surface area (Å²) in [6, 6.07) is 12.4. The first-order valence-electron chi connectivity index (χ1n) is 10.4. The molecule has 2 unspecified atom stereocenters. The normalized spacial score (nSPS) is 17.8. The summed E-state index contributed by atoms with van der Waals surface area (Å²) in [7, 11) is 0. The van der Waals surface area contributed by atoms with Crippen LogP contribution in [0.1, 0.15) is 48.3 Å². The molecule has 1 aliphatic heterocycles. The third-order valence-electron chi connectivity index (χ3n) is 5.14. The van der Waals surface area contributed by atoms with Crippen molar-refractivity contribution in [2.45, 2.75) is 43.7 Å². The Bertz CT molecular complexity index is 1060. The van der Waals surface area contributed by atoms with Crippen molar-refractivity contribution in [3.63, 3.8) is 0 Å². The standard InChI is InChI=1S/C23H25N3O6S/c1-13(2)16-10-17(25-31)14(3)9-18(16)32-12-20(27)24-26-22(30)19(11-21(28)29)33-23(26)15-7-5-4-6-8-15/h4-10,13,19,23H,11-12H2,1-3H3,(H,24,27)(H,28,29). The van der Waals surface area contributed by atoms with Crippen molar-refractivity contribution in [1.29, 1.82) is 0 Å². The molecular formula is C23H25N3O6S. The van der Waals surface area contributed by atoms with Gasteiger partial charge in [0.1, 0.15) is 16.8 Å². The van der Waals surface area contributed by atoms with Crippen LogP contribution in [0.2, 0.25) is 0 Å². The molecule has 0 spiro atoms. The van der Waals surface area contributed by atoms with Crippen LogP contribution in [0.25, 0.3) is 0 Å². The fraction of sp³-hybridized carbons (Fsp3) is 0.348. The van der Waals surface area contributed by atoms with E-state index in [1.54, 1.807) is 19.1 Å². The molecule has 1 aliphatic rings. The molecule has 0 radical (unpaired) electrons. The van der Waals surface area contributed by atoms with Gasteiger partial charge in [-0.3, -0.25) is 19.8 Å². The van der Waals surface area contributed by atoms with E-state index in [0.29, 0.717) is 17.0 Å². The van der Waals surface area contributed by atoms with Gasteiger partial charge in [-0.1, -0.05) is 44.2 Å². The molecule has 33 heavy (non-hydrogen) atoms. The van der Waals surface area contributed by atoms with E-state index in [4.69, 9.17) is 9.84 Å². The van der Waals surface area contributed by atoms with E-state index in [1.807, 2.05) is 44.2 Å². The van der Waals surface area contributed by atoms with Crippen molar-refractivity contribution >= 4 is 35.2 Å². The summed E-state index contributed by atoms with van der Waals surface area (Å²) in [4.78, 5) is 47.7. The number of hydrogen-bond acceptors (Lipinski definition) is 7. The van der Waals surface area contributed by atoms with E-state index in [2.05, 4.69) is 10.6 Å². The summed E-state index contributed by atoms with van der Waals surface area (Å²) < 4.78 is 5.72. The maximum atomic E-state index is 12.8. The van der Waals surface area contributed by atoms with Crippen LogP contribution in [-0.2, 0) is 14.4 Å². The maximum absolute atomic E-state index is 12.8. The summed E-state index contributed by atoms with van der Waals surface area (Å²) in [6.45, 7) is 5.21. The van der Waals surface area contributed by atoms with Gasteiger partial charge >= 0.3 is 5.97 Å². The highest BCUT2D eigenvalue weighted by atomic mass is 32.2. The van der Waals surface area contributed by atoms with Gasteiger partial charge in [0.25, 0.3) is 11.8 Å². The van der Waals surface area contributed by atoms with Crippen molar-refractivity contribution in [3.8, 4) is 5.75 Å². The van der Waals surface area contributed by atoms with Crippen molar-refractivity contribution in [2.24, 2.45) is 5.18 Å². The number of ether oxygens (including phenoxy) is 1. The number of benzene rings is 2. The van der Waals surface area contributed by atoms with E-state index in [9.17, 15) is 19.3 Å². The number of aryl methyl sites for hydroxylation is 1. The number of amides is 2. The van der Waals surface area contributed by atoms with Gasteiger partial charge < -0.3 is 9.84 Å². The molecule has 2 N–H and O–H groups in total. The van der Waals surface area contributed by atoms with Gasteiger partial charge in [-0.25, -0.2) is 5.01 Å². The van der Waals surface area contributed by atoms with E-state index in [0.717, 1.165) is 11.1 Å². The molecule has 0 bridgehead atoms. The fourth-order valence-electron chi connectivity index (χ4n) is 3.47. The van der Waals surface area contributed by atoms with Crippen molar-refractivity contribution < 1.29 is 24.2 Å². The SMILES string of the molecule is Cc1cc(OCC(=O)NN2C(=O)C(CC(=O)O)SC2c2ccccc2)c(C(C)C)cc1N=O. The van der Waals surface area contributed by atoms with Crippen molar-refractivity contribution in [1.82, 2.24) is 10.4 Å². The Morgan fingerprint density at radius 2 is 1.94 bits per heavy atom. The summed E-state index contributed by atoms with van der Waals surface area (Å²) in [5, 5.41) is 12.0. The first kappa shape index (κ1) is 24.2. The molecule has 1 heterocycles. The Morgan fingerprint density at radius 1 is 1.24 bits per heavy atom. The molecule has 9 nitrogen and oxygen atoms in total. The summed E-state index contributed by atoms with van der Waals surface area (Å²) in [6.07, 6.45) is -0.343. The van der Waals surface area contributed by atoms with Crippen LogP contribution in [0.3, 0.4) is 0 Å². The Kier molecular flexibility index (Phi) is 7.70. The number of nitroso groups, excluding NO2 is 1. The lowest BCUT2D eigenvalue weighted by atomic mass is 9.99. The number of hydrazine groups is 1. The number of thioether (sulfide) groups is 1. The van der Waals surface area contributed by atoms with E-state index < -0.39 is 28.4 Å². The molecular weight excluding hydrogens is 446 g/mol. The molecule has 2 aromatic rings. The highest BCUT2D eigenvalue weighted by Crippen LogP contribution is 2.43. The highest BCUT2D eigenvalue weighted by Gasteiger charge is 2.43. The number of aliphatic carboxylic acids is 1. The summed E-state index contributed by atoms with van der Waals surface area (Å²) in [5.74, 6) is -1.65. The number of nitrogens with zero attached hydrogens (tertiary/aromatic N) is 2. The minimum Gasteiger partial charge on any atom is -0.483 e. The van der Waals surface area contributed by atoms with Gasteiger partial charge in [-0.05, 0) is 46.8 Å². The molecule has 0 aliphatic carbocycles. The predicted molar refractivity (Wildman–Crippen MR) is 124 cm³/mol. The van der Waals surface area contributed by atoms with Crippen LogP contribution in [0.4, 0.5) is 5.69 Å². The van der Waals surface area contributed by atoms with Crippen LogP contribution in [0, 0.1) is 11.8 Å². The van der Waals surface area contributed by atoms with Crippen molar-refractivity contribution in [3.05, 3.63) is 64.1 Å². The Labute approximate surface area is 195 Å². The van der Waals surface area contributed by atoms with Gasteiger partial charge in [0, 0.05) is 0 Å². The maximum Gasteiger partial charge on any atom is 0.305 e. The molecule has 0 saturated carbocycles. The topological polar surface area (TPSA) is 125 Å². The molecule has 2 aromatic carbocycles. The van der Waals surface area contributed by atoms with Gasteiger partial charge in [0.2, 0.25) is 0 Å². The number of carboxylic acids is 1. The average Bonchev–Trinajstić information content (AvgIpc) is 3.07. The number of carbonyl (C=O) groups excluding carboxylic acids is 2. The third kappa shape index (κ3) is 5.70. The zero-order valence-corrected chi connectivity index (χ0v) is 19.3. The van der Waals surface area contributed by atoms with E-state index >= 15 is 0 Å². The zero-order chi connectivity index (χ0) is 24.1. The zero-order valence-electron chi connectivity index (χ0n) is 18.5. The van der Waals surface area contributed by atoms with Crippen LogP contribution >= 0.6 is 11.8 Å². The lowest BCUT2D eigenvalue weighted by Crippen LogP contribution is -2.47. The van der Waals surface area contributed by atoms with E-state index in [1.165, 1.54) is 16.8 Å². The van der Waals surface area contributed by atoms with E-state index in [-0.39, 0.29) is 18.9 Å². The number of hydrogen-bond donors (Lipinski definition) is 2. The molecule has 3 rings (SSSR count). The minimum absolute atomic E-state index is 0.0277. The summed E-state index contributed by atoms with van der Waals surface area (Å²) >= 11 is 1.18. The fourth-order valence-corrected chi connectivity index (χ4v) is 4.84. The van der Waals surface area contributed by atoms with Crippen molar-refractivity contribution in [2.75, 3.05) is 6.61 Å². The summed E-state index contributed by atoms with van der Waals surface area (Å²) in [5.41, 5.74) is 5.01. The second-order valence-corrected chi connectivity index (χ2v) is 9.23. The molecule has 10 heteroatoms. The average molecular weight is 472 g/mol. The number of carbonyl (C=O) groups is 3. The number of carboxylic acid groups (broad SMARTS) is 1. The molecule has 0 aromatic heterocycles. The molecule has 174 valence electrons. The lowest BCUT2D eigenvalue weighted by Gasteiger charge is -2.24. The monoisotopic (exact) mass is 471 g/mol. The van der Waals surface area contributed by atoms with Crippen LogP contribution in [-0.4, -0.2) is 39.8 Å². The Balaban J connectivity index is 1.75. The largest absolute Gasteiger partial charge is 0.483 e. The first-order chi connectivity index (χ1) is 15.7. The quantitative estimate of drug-likeness (QED) is 0.529. The first-order valence-corrected chi connectivity index (χ1v) is 11.3. The van der Waals surface area contributed by atoms with Gasteiger partial charge in [-0.15, -0.1) is 16.7 Å². The molecule has 2 atom stereocenters. The van der Waals surface area contributed by atoms with Gasteiger partial charge in [0.15, 0.2) is 6.61 Å². The predicted octanol–water partition coefficient (Wildman–Crippen LogP) is 4.04. The Morgan fingerprint density at radius 3 is 2.55 bits per heavy atom. The van der Waals surface area contributed by atoms with Crippen LogP contribution in [0.15, 0.2) is 47.6 Å². The third-order valence-corrected chi connectivity index (χ3v) is 6.58. The van der Waals surface area contributed by atoms with Crippen LogP contribution in [0.5, 0.6) is 5.75 Å². The number of rotatable bonds is 9.